The van der Waals surface area contributed by atoms with E-state index in [0.29, 0.717) is 43.5 Å². The van der Waals surface area contributed by atoms with E-state index in [0.717, 1.165) is 43.4 Å². The molecular weight excluding hydrogens is 474 g/mol. The molecule has 0 spiro atoms. The molecule has 196 valence electrons. The number of likely N-dealkylation sites (tertiary alicyclic amines) is 1. The van der Waals surface area contributed by atoms with Crippen molar-refractivity contribution < 1.29 is 33.6 Å². The van der Waals surface area contributed by atoms with Gasteiger partial charge in [-0.25, -0.2) is 0 Å². The van der Waals surface area contributed by atoms with E-state index in [1.165, 1.54) is 4.90 Å². The highest BCUT2D eigenvalue weighted by Gasteiger charge is 2.47. The number of hydrogen-bond acceptors (Lipinski definition) is 7. The number of nitrogens with zero attached hydrogens (tertiary/aromatic N) is 1. The Morgan fingerprint density at radius 3 is 2.54 bits per heavy atom. The van der Waals surface area contributed by atoms with Crippen LogP contribution in [0.4, 0.5) is 0 Å². The minimum atomic E-state index is -0.744. The van der Waals surface area contributed by atoms with E-state index in [-0.39, 0.29) is 24.0 Å². The third-order valence-electron chi connectivity index (χ3n) is 6.99. The number of fused-ring (bicyclic) bond motifs is 1. The second-order valence-corrected chi connectivity index (χ2v) is 9.57. The summed E-state index contributed by atoms with van der Waals surface area (Å²) in [6, 6.07) is 11.7. The van der Waals surface area contributed by atoms with Crippen LogP contribution in [0.1, 0.15) is 56.2 Å². The number of benzene rings is 2. The number of carbonyl (C=O) groups is 2. The molecule has 1 N–H and O–H groups in total. The molecule has 0 aromatic heterocycles. The van der Waals surface area contributed by atoms with Crippen LogP contribution in [0.2, 0.25) is 0 Å². The quantitative estimate of drug-likeness (QED) is 0.229. The van der Waals surface area contributed by atoms with Crippen LogP contribution in [0.25, 0.3) is 5.76 Å². The number of carbonyl (C=O) groups excluding carboxylic acids is 2. The normalized spacial score (nSPS) is 22.5. The Morgan fingerprint density at radius 2 is 1.81 bits per heavy atom. The molecule has 37 heavy (non-hydrogen) atoms. The average Bonchev–Trinajstić information content (AvgIpc) is 3.53. The van der Waals surface area contributed by atoms with Crippen LogP contribution in [0.15, 0.2) is 48.0 Å². The summed E-state index contributed by atoms with van der Waals surface area (Å²) < 4.78 is 22.9. The lowest BCUT2D eigenvalue weighted by Crippen LogP contribution is -2.36. The first-order chi connectivity index (χ1) is 18.1. The van der Waals surface area contributed by atoms with E-state index in [1.54, 1.807) is 18.2 Å². The summed E-state index contributed by atoms with van der Waals surface area (Å²) in [5.41, 5.74) is 1.16. The highest BCUT2D eigenvalue weighted by atomic mass is 16.6. The molecule has 0 bridgehead atoms. The van der Waals surface area contributed by atoms with Crippen LogP contribution in [-0.4, -0.2) is 60.8 Å². The standard InChI is InChI=1S/C29H33NO7/c1-2-3-4-13-34-21-10-7-19(8-11-21)26-25(28(32)29(33)30(26)18-22-6-5-14-35-22)27(31)20-9-12-23-24(17-20)37-16-15-36-23/h7-12,17,22,26,31H,2-6,13-16,18H2,1H3/b27-25-. The van der Waals surface area contributed by atoms with Crippen molar-refractivity contribution in [3.05, 3.63) is 59.2 Å². The lowest BCUT2D eigenvalue weighted by Gasteiger charge is -2.27. The van der Waals surface area contributed by atoms with E-state index in [2.05, 4.69) is 6.92 Å². The fourth-order valence-electron chi connectivity index (χ4n) is 5.06. The molecule has 2 saturated heterocycles. The number of ketones is 1. The van der Waals surface area contributed by atoms with E-state index in [4.69, 9.17) is 18.9 Å². The van der Waals surface area contributed by atoms with Gasteiger partial charge in [-0.1, -0.05) is 31.9 Å². The van der Waals surface area contributed by atoms with E-state index < -0.39 is 17.7 Å². The van der Waals surface area contributed by atoms with Gasteiger partial charge in [0.2, 0.25) is 0 Å². The third-order valence-corrected chi connectivity index (χ3v) is 6.99. The van der Waals surface area contributed by atoms with Crippen molar-refractivity contribution in [3.8, 4) is 17.2 Å². The first-order valence-corrected chi connectivity index (χ1v) is 13.1. The van der Waals surface area contributed by atoms with Gasteiger partial charge in [-0.3, -0.25) is 9.59 Å². The summed E-state index contributed by atoms with van der Waals surface area (Å²) in [7, 11) is 0. The first kappa shape index (κ1) is 25.1. The molecule has 5 rings (SSSR count). The van der Waals surface area contributed by atoms with Gasteiger partial charge in [0.15, 0.2) is 11.5 Å². The zero-order valence-corrected chi connectivity index (χ0v) is 21.1. The lowest BCUT2D eigenvalue weighted by molar-refractivity contribution is -0.140. The van der Waals surface area contributed by atoms with Gasteiger partial charge in [0, 0.05) is 18.7 Å². The van der Waals surface area contributed by atoms with Crippen molar-refractivity contribution in [3.63, 3.8) is 0 Å². The molecule has 2 aromatic rings. The zero-order chi connectivity index (χ0) is 25.8. The van der Waals surface area contributed by atoms with Gasteiger partial charge < -0.3 is 29.0 Å². The van der Waals surface area contributed by atoms with Gasteiger partial charge in [0.1, 0.15) is 24.7 Å². The summed E-state index contributed by atoms with van der Waals surface area (Å²) in [5.74, 6) is 0.199. The molecule has 1 amide bonds. The summed E-state index contributed by atoms with van der Waals surface area (Å²) in [6.07, 6.45) is 4.80. The largest absolute Gasteiger partial charge is 0.507 e. The van der Waals surface area contributed by atoms with Gasteiger partial charge in [-0.05, 0) is 55.2 Å². The predicted molar refractivity (Wildman–Crippen MR) is 137 cm³/mol. The van der Waals surface area contributed by atoms with Gasteiger partial charge in [-0.15, -0.1) is 0 Å². The van der Waals surface area contributed by atoms with Crippen LogP contribution in [0.5, 0.6) is 17.2 Å². The molecule has 0 saturated carbocycles. The van der Waals surface area contributed by atoms with Crippen LogP contribution in [-0.2, 0) is 14.3 Å². The number of amides is 1. The molecule has 2 unspecified atom stereocenters. The predicted octanol–water partition coefficient (Wildman–Crippen LogP) is 4.63. The Bertz CT molecular complexity index is 1170. The highest BCUT2D eigenvalue weighted by Crippen LogP contribution is 2.42. The fourth-order valence-corrected chi connectivity index (χ4v) is 5.06. The number of aliphatic hydroxyl groups excluding tert-OH is 1. The third kappa shape index (κ3) is 5.30. The molecule has 3 aliphatic heterocycles. The Kier molecular flexibility index (Phi) is 7.65. The molecule has 8 nitrogen and oxygen atoms in total. The molecule has 3 aliphatic rings. The van der Waals surface area contributed by atoms with Crippen LogP contribution in [0, 0.1) is 0 Å². The van der Waals surface area contributed by atoms with Gasteiger partial charge in [0.25, 0.3) is 11.7 Å². The van der Waals surface area contributed by atoms with Gasteiger partial charge >= 0.3 is 0 Å². The first-order valence-electron chi connectivity index (χ1n) is 13.1. The Morgan fingerprint density at radius 1 is 1.03 bits per heavy atom. The Labute approximate surface area is 216 Å². The Balaban J connectivity index is 1.49. The maximum atomic E-state index is 13.3. The van der Waals surface area contributed by atoms with Gasteiger partial charge in [0.05, 0.1) is 24.3 Å². The topological polar surface area (TPSA) is 94.5 Å². The van der Waals surface area contributed by atoms with Crippen LogP contribution >= 0.6 is 0 Å². The van der Waals surface area contributed by atoms with Crippen molar-refractivity contribution in [2.75, 3.05) is 33.0 Å². The number of hydrogen-bond donors (Lipinski definition) is 1. The summed E-state index contributed by atoms with van der Waals surface area (Å²) in [4.78, 5) is 28.1. The molecule has 3 heterocycles. The number of Topliss-reactive ketones (excluding diaryl/α,β-unsaturated/α-hetero) is 1. The van der Waals surface area contributed by atoms with Gasteiger partial charge in [-0.2, -0.15) is 0 Å². The van der Waals surface area contributed by atoms with Crippen molar-refractivity contribution >= 4 is 17.4 Å². The summed E-state index contributed by atoms with van der Waals surface area (Å²) in [6.45, 7) is 4.55. The maximum absolute atomic E-state index is 13.3. The van der Waals surface area contributed by atoms with Crippen LogP contribution in [0.3, 0.4) is 0 Å². The van der Waals surface area contributed by atoms with Crippen molar-refractivity contribution in [2.24, 2.45) is 0 Å². The summed E-state index contributed by atoms with van der Waals surface area (Å²) >= 11 is 0. The van der Waals surface area contributed by atoms with Crippen molar-refractivity contribution in [2.45, 2.75) is 51.2 Å². The lowest BCUT2D eigenvalue weighted by atomic mass is 9.95. The molecule has 0 radical (unpaired) electrons. The second kappa shape index (κ2) is 11.3. The zero-order valence-electron chi connectivity index (χ0n) is 21.1. The van der Waals surface area contributed by atoms with E-state index in [9.17, 15) is 14.7 Å². The Hall–Kier alpha value is -3.52. The smallest absolute Gasteiger partial charge is 0.295 e. The maximum Gasteiger partial charge on any atom is 0.295 e. The van der Waals surface area contributed by atoms with E-state index in [1.807, 2.05) is 24.3 Å². The van der Waals surface area contributed by atoms with Crippen molar-refractivity contribution in [1.82, 2.24) is 4.90 Å². The number of rotatable bonds is 9. The fraction of sp³-hybridized carbons (Fsp3) is 0.448. The minimum absolute atomic E-state index is 0.0521. The highest BCUT2D eigenvalue weighted by molar-refractivity contribution is 6.46. The molecule has 2 aromatic carbocycles. The number of unbranched alkanes of at least 4 members (excludes halogenated alkanes) is 2. The summed E-state index contributed by atoms with van der Waals surface area (Å²) in [5, 5.41) is 11.4. The SMILES string of the molecule is CCCCCOc1ccc(C2/C(=C(/O)c3ccc4c(c3)OCCO4)C(=O)C(=O)N2CC2CCCO2)cc1. The monoisotopic (exact) mass is 507 g/mol. The second-order valence-electron chi connectivity index (χ2n) is 9.57. The van der Waals surface area contributed by atoms with Crippen LogP contribution < -0.4 is 14.2 Å². The molecule has 2 atom stereocenters. The number of ether oxygens (including phenoxy) is 4. The molecule has 8 heteroatoms. The molecular formula is C29H33NO7. The van der Waals surface area contributed by atoms with E-state index >= 15 is 0 Å². The van der Waals surface area contributed by atoms with Crippen molar-refractivity contribution in [1.29, 1.82) is 0 Å². The molecule has 2 fully saturated rings. The number of aliphatic hydroxyl groups is 1. The average molecular weight is 508 g/mol. The minimum Gasteiger partial charge on any atom is -0.507 e. The molecule has 0 aliphatic carbocycles.